The molecule has 6 heteroatoms. The monoisotopic (exact) mass is 268 g/mol. The van der Waals surface area contributed by atoms with E-state index in [1.54, 1.807) is 41.5 Å². The molecule has 0 aromatic heterocycles. The Morgan fingerprint density at radius 2 is 2.00 bits per heavy atom. The van der Waals surface area contributed by atoms with Crippen molar-refractivity contribution in [2.75, 3.05) is 12.0 Å². The Labute approximate surface area is 110 Å². The van der Waals surface area contributed by atoms with Crippen molar-refractivity contribution in [1.29, 1.82) is 0 Å². The number of rotatable bonds is 6. The lowest BCUT2D eigenvalue weighted by atomic mass is 10.1. The van der Waals surface area contributed by atoms with E-state index in [-0.39, 0.29) is 5.91 Å². The Hall–Kier alpha value is -1.53. The van der Waals surface area contributed by atoms with Crippen LogP contribution in [0, 0.1) is 0 Å². The molecule has 0 bridgehead atoms. The van der Waals surface area contributed by atoms with Crippen LogP contribution in [0.25, 0.3) is 0 Å². The van der Waals surface area contributed by atoms with Gasteiger partial charge in [-0.05, 0) is 30.6 Å². The van der Waals surface area contributed by atoms with Crippen molar-refractivity contribution in [2.45, 2.75) is 12.5 Å². The average molecular weight is 268 g/mol. The molecule has 0 spiro atoms. The molecule has 1 unspecified atom stereocenters. The van der Waals surface area contributed by atoms with Crippen LogP contribution in [0.3, 0.4) is 0 Å². The maximum absolute atomic E-state index is 11.9. The largest absolute Gasteiger partial charge is 0.340 e. The number of thioether (sulfide) groups is 1. The van der Waals surface area contributed by atoms with Gasteiger partial charge in [0.1, 0.15) is 6.04 Å². The predicted molar refractivity (Wildman–Crippen MR) is 70.6 cm³/mol. The molecule has 18 heavy (non-hydrogen) atoms. The summed E-state index contributed by atoms with van der Waals surface area (Å²) < 4.78 is 0. The van der Waals surface area contributed by atoms with Crippen LogP contribution >= 0.6 is 11.8 Å². The van der Waals surface area contributed by atoms with Crippen LogP contribution < -0.4 is 10.8 Å². The lowest BCUT2D eigenvalue weighted by molar-refractivity contribution is -0.131. The topological polar surface area (TPSA) is 78.4 Å². The van der Waals surface area contributed by atoms with Gasteiger partial charge < -0.3 is 5.32 Å². The number of hydrogen-bond acceptors (Lipinski definition) is 4. The van der Waals surface area contributed by atoms with Crippen LogP contribution in [-0.4, -0.2) is 35.1 Å². The van der Waals surface area contributed by atoms with Gasteiger partial charge in [-0.3, -0.25) is 14.8 Å². The Kier molecular flexibility index (Phi) is 6.24. The molecule has 0 heterocycles. The van der Waals surface area contributed by atoms with Crippen LogP contribution in [0.15, 0.2) is 30.3 Å². The third kappa shape index (κ3) is 4.38. The Bertz CT molecular complexity index is 398. The van der Waals surface area contributed by atoms with Crippen LogP contribution in [-0.2, 0) is 4.79 Å². The summed E-state index contributed by atoms with van der Waals surface area (Å²) in [6, 6.07) is 7.91. The molecule has 2 amide bonds. The zero-order valence-corrected chi connectivity index (χ0v) is 10.9. The van der Waals surface area contributed by atoms with Crippen molar-refractivity contribution in [3.05, 3.63) is 35.9 Å². The quantitative estimate of drug-likeness (QED) is 0.532. The molecule has 1 rings (SSSR count). The average Bonchev–Trinajstić information content (AvgIpc) is 2.43. The first-order valence-corrected chi connectivity index (χ1v) is 6.87. The van der Waals surface area contributed by atoms with Crippen LogP contribution in [0.2, 0.25) is 0 Å². The molecule has 0 aliphatic carbocycles. The molecular formula is C12H16N2O3S. The van der Waals surface area contributed by atoms with E-state index in [0.717, 1.165) is 0 Å². The highest BCUT2D eigenvalue weighted by Gasteiger charge is 2.20. The number of hydroxylamine groups is 1. The first-order valence-electron chi connectivity index (χ1n) is 5.48. The fourth-order valence-corrected chi connectivity index (χ4v) is 1.88. The van der Waals surface area contributed by atoms with E-state index >= 15 is 0 Å². The molecule has 3 N–H and O–H groups in total. The minimum atomic E-state index is -0.727. The molecule has 1 aromatic carbocycles. The second-order valence-corrected chi connectivity index (χ2v) is 4.64. The highest BCUT2D eigenvalue weighted by molar-refractivity contribution is 7.98. The second-order valence-electron chi connectivity index (χ2n) is 3.65. The highest BCUT2D eigenvalue weighted by Crippen LogP contribution is 2.04. The summed E-state index contributed by atoms with van der Waals surface area (Å²) in [6.07, 6.45) is 2.37. The Morgan fingerprint density at radius 1 is 1.33 bits per heavy atom. The van der Waals surface area contributed by atoms with Crippen molar-refractivity contribution >= 4 is 23.6 Å². The van der Waals surface area contributed by atoms with E-state index in [0.29, 0.717) is 17.7 Å². The van der Waals surface area contributed by atoms with E-state index in [1.165, 1.54) is 0 Å². The van der Waals surface area contributed by atoms with E-state index in [9.17, 15) is 9.59 Å². The maximum Gasteiger partial charge on any atom is 0.265 e. The van der Waals surface area contributed by atoms with Crippen molar-refractivity contribution in [3.63, 3.8) is 0 Å². The number of carbonyl (C=O) groups is 2. The number of nitrogens with one attached hydrogen (secondary N) is 2. The number of benzene rings is 1. The Morgan fingerprint density at radius 3 is 2.56 bits per heavy atom. The minimum absolute atomic E-state index is 0.328. The van der Waals surface area contributed by atoms with Crippen LogP contribution in [0.4, 0.5) is 0 Å². The third-order valence-electron chi connectivity index (χ3n) is 2.38. The van der Waals surface area contributed by atoms with Gasteiger partial charge in [-0.2, -0.15) is 11.8 Å². The van der Waals surface area contributed by atoms with Crippen molar-refractivity contribution in [3.8, 4) is 0 Å². The van der Waals surface area contributed by atoms with Gasteiger partial charge in [0.2, 0.25) is 0 Å². The smallest absolute Gasteiger partial charge is 0.265 e. The molecule has 5 nitrogen and oxygen atoms in total. The highest BCUT2D eigenvalue weighted by atomic mass is 32.2. The lowest BCUT2D eigenvalue weighted by Gasteiger charge is -2.16. The summed E-state index contributed by atoms with van der Waals surface area (Å²) in [5.74, 6) is -0.216. The fourth-order valence-electron chi connectivity index (χ4n) is 1.41. The molecule has 0 radical (unpaired) electrons. The van der Waals surface area contributed by atoms with Gasteiger partial charge in [-0.15, -0.1) is 0 Å². The van der Waals surface area contributed by atoms with Gasteiger partial charge in [0.05, 0.1) is 0 Å². The van der Waals surface area contributed by atoms with E-state index in [1.807, 2.05) is 12.3 Å². The molecule has 1 aromatic rings. The summed E-state index contributed by atoms with van der Waals surface area (Å²) in [6.45, 7) is 0. The summed E-state index contributed by atoms with van der Waals surface area (Å²) in [7, 11) is 0. The maximum atomic E-state index is 11.9. The zero-order chi connectivity index (χ0) is 13.4. The van der Waals surface area contributed by atoms with E-state index in [2.05, 4.69) is 5.32 Å². The fraction of sp³-hybridized carbons (Fsp3) is 0.333. The summed E-state index contributed by atoms with van der Waals surface area (Å²) >= 11 is 1.57. The molecule has 0 saturated heterocycles. The second kappa shape index (κ2) is 7.73. The third-order valence-corrected chi connectivity index (χ3v) is 3.02. The molecule has 0 aliphatic heterocycles. The predicted octanol–water partition coefficient (Wildman–Crippen LogP) is 1.04. The van der Waals surface area contributed by atoms with Gasteiger partial charge in [-0.1, -0.05) is 18.2 Å². The number of hydrogen-bond donors (Lipinski definition) is 3. The summed E-state index contributed by atoms with van der Waals surface area (Å²) in [5, 5.41) is 11.2. The van der Waals surface area contributed by atoms with E-state index in [4.69, 9.17) is 5.21 Å². The van der Waals surface area contributed by atoms with E-state index < -0.39 is 11.9 Å². The van der Waals surface area contributed by atoms with Gasteiger partial charge in [0.25, 0.3) is 11.8 Å². The molecular weight excluding hydrogens is 252 g/mol. The van der Waals surface area contributed by atoms with Gasteiger partial charge in [-0.25, -0.2) is 5.48 Å². The summed E-state index contributed by atoms with van der Waals surface area (Å²) in [4.78, 5) is 23.3. The number of amides is 2. The normalized spacial score (nSPS) is 11.7. The van der Waals surface area contributed by atoms with Crippen molar-refractivity contribution < 1.29 is 14.8 Å². The molecule has 0 saturated carbocycles. The zero-order valence-electron chi connectivity index (χ0n) is 10.1. The molecule has 0 aliphatic rings. The van der Waals surface area contributed by atoms with Gasteiger partial charge in [0.15, 0.2) is 0 Å². The molecule has 0 fully saturated rings. The lowest BCUT2D eigenvalue weighted by Crippen LogP contribution is -2.46. The van der Waals surface area contributed by atoms with Crippen LogP contribution in [0.1, 0.15) is 16.8 Å². The van der Waals surface area contributed by atoms with Gasteiger partial charge in [0, 0.05) is 5.56 Å². The van der Waals surface area contributed by atoms with Crippen molar-refractivity contribution in [1.82, 2.24) is 10.8 Å². The molecule has 1 atom stereocenters. The number of carbonyl (C=O) groups excluding carboxylic acids is 2. The Balaban J connectivity index is 2.65. The van der Waals surface area contributed by atoms with Gasteiger partial charge >= 0.3 is 0 Å². The van der Waals surface area contributed by atoms with Crippen molar-refractivity contribution in [2.24, 2.45) is 0 Å². The SMILES string of the molecule is CSCCC(NC(=O)c1ccccc1)C(=O)NO. The summed E-state index contributed by atoms with van der Waals surface area (Å²) in [5.41, 5.74) is 2.05. The first kappa shape index (κ1) is 14.5. The molecule has 98 valence electrons. The minimum Gasteiger partial charge on any atom is -0.340 e. The first-order chi connectivity index (χ1) is 8.69. The van der Waals surface area contributed by atoms with Crippen LogP contribution in [0.5, 0.6) is 0 Å². The standard InChI is InChI=1S/C12H16N2O3S/c1-18-8-7-10(12(16)14-17)13-11(15)9-5-3-2-4-6-9/h2-6,10,17H,7-8H2,1H3,(H,13,15)(H,14,16).